The van der Waals surface area contributed by atoms with E-state index < -0.39 is 0 Å². The number of nitrogens with one attached hydrogen (secondary N) is 1. The van der Waals surface area contributed by atoms with E-state index in [1.54, 1.807) is 22.4 Å². The van der Waals surface area contributed by atoms with Gasteiger partial charge in [-0.05, 0) is 85.5 Å². The molecule has 0 radical (unpaired) electrons. The Balaban J connectivity index is 1.82. The highest BCUT2D eigenvalue weighted by molar-refractivity contribution is 5.71. The molecular formula is C27H44N2. The molecule has 0 aromatic heterocycles. The van der Waals surface area contributed by atoms with Gasteiger partial charge < -0.3 is 11.1 Å². The molecule has 3 fully saturated rings. The predicted octanol–water partition coefficient (Wildman–Crippen LogP) is 8.23. The molecular weight excluding hydrogens is 352 g/mol. The van der Waals surface area contributed by atoms with Crippen molar-refractivity contribution in [1.29, 1.82) is 0 Å². The molecule has 0 saturated heterocycles. The molecule has 0 unspecified atom stereocenters. The number of rotatable bonds is 6. The maximum Gasteiger partial charge on any atom is 0.0415 e. The van der Waals surface area contributed by atoms with Gasteiger partial charge in [-0.1, -0.05) is 64.7 Å². The summed E-state index contributed by atoms with van der Waals surface area (Å²) in [5.74, 6) is 2.14. The van der Waals surface area contributed by atoms with Crippen LogP contribution in [0.4, 0.5) is 11.4 Å². The predicted molar refractivity (Wildman–Crippen MR) is 127 cm³/mol. The summed E-state index contributed by atoms with van der Waals surface area (Å²) in [5.41, 5.74) is 14.5. The Kier molecular flexibility index (Phi) is 7.43. The third kappa shape index (κ3) is 4.78. The van der Waals surface area contributed by atoms with Gasteiger partial charge in [0.15, 0.2) is 0 Å². The summed E-state index contributed by atoms with van der Waals surface area (Å²) in [5, 5.41) is 3.98. The number of hydrogen-bond donors (Lipinski definition) is 2. The third-order valence-electron chi connectivity index (χ3n) is 8.09. The third-order valence-corrected chi connectivity index (χ3v) is 8.09. The zero-order valence-electron chi connectivity index (χ0n) is 18.9. The minimum atomic E-state index is 0.697. The largest absolute Gasteiger partial charge is 0.398 e. The number of hydrogen-bond acceptors (Lipinski definition) is 2. The van der Waals surface area contributed by atoms with E-state index in [1.165, 1.54) is 103 Å². The summed E-state index contributed by atoms with van der Waals surface area (Å²) < 4.78 is 0. The van der Waals surface area contributed by atoms with Gasteiger partial charge in [-0.15, -0.1) is 0 Å². The average Bonchev–Trinajstić information content (AvgIpc) is 2.79. The van der Waals surface area contributed by atoms with E-state index in [9.17, 15) is 0 Å². The molecule has 0 aliphatic heterocycles. The van der Waals surface area contributed by atoms with Crippen LogP contribution in [0.2, 0.25) is 0 Å². The number of anilines is 2. The van der Waals surface area contributed by atoms with Crippen LogP contribution in [-0.2, 0) is 0 Å². The molecule has 1 aromatic rings. The van der Waals surface area contributed by atoms with Gasteiger partial charge in [-0.2, -0.15) is 0 Å². The SMILES string of the molecule is CCCNc1c(C2CCCCC2)cc(N)c(C2CCCCC2)c1C1CCCCC1. The summed E-state index contributed by atoms with van der Waals surface area (Å²) in [7, 11) is 0. The zero-order valence-corrected chi connectivity index (χ0v) is 18.9. The molecule has 0 atom stereocenters. The van der Waals surface area contributed by atoms with Gasteiger partial charge in [-0.25, -0.2) is 0 Å². The van der Waals surface area contributed by atoms with E-state index in [1.807, 2.05) is 0 Å². The fourth-order valence-electron chi connectivity index (χ4n) is 6.61. The highest BCUT2D eigenvalue weighted by Crippen LogP contribution is 2.50. The first-order valence-electron chi connectivity index (χ1n) is 13.0. The molecule has 3 saturated carbocycles. The minimum Gasteiger partial charge on any atom is -0.398 e. The minimum absolute atomic E-state index is 0.697. The van der Waals surface area contributed by atoms with Crippen LogP contribution in [-0.4, -0.2) is 6.54 Å². The molecule has 4 rings (SSSR count). The van der Waals surface area contributed by atoms with Crippen LogP contribution in [0.3, 0.4) is 0 Å². The van der Waals surface area contributed by atoms with E-state index >= 15 is 0 Å². The highest BCUT2D eigenvalue weighted by atomic mass is 14.9. The Labute approximate surface area is 179 Å². The molecule has 3 N–H and O–H groups in total. The fraction of sp³-hybridized carbons (Fsp3) is 0.778. The summed E-state index contributed by atoms with van der Waals surface area (Å²) in [4.78, 5) is 0. The smallest absolute Gasteiger partial charge is 0.0415 e. The molecule has 29 heavy (non-hydrogen) atoms. The van der Waals surface area contributed by atoms with Crippen LogP contribution in [0.5, 0.6) is 0 Å². The van der Waals surface area contributed by atoms with Gasteiger partial charge in [0.1, 0.15) is 0 Å². The Hall–Kier alpha value is -1.18. The van der Waals surface area contributed by atoms with Gasteiger partial charge in [0, 0.05) is 17.9 Å². The first-order valence-corrected chi connectivity index (χ1v) is 13.0. The van der Waals surface area contributed by atoms with Crippen molar-refractivity contribution < 1.29 is 0 Å². The van der Waals surface area contributed by atoms with E-state index in [-0.39, 0.29) is 0 Å². The number of benzene rings is 1. The second-order valence-electron chi connectivity index (χ2n) is 10.2. The van der Waals surface area contributed by atoms with Crippen LogP contribution in [0, 0.1) is 0 Å². The van der Waals surface area contributed by atoms with E-state index in [2.05, 4.69) is 18.3 Å². The second-order valence-corrected chi connectivity index (χ2v) is 10.2. The van der Waals surface area contributed by atoms with Crippen LogP contribution in [0.25, 0.3) is 0 Å². The van der Waals surface area contributed by atoms with Gasteiger partial charge in [0.2, 0.25) is 0 Å². The van der Waals surface area contributed by atoms with Gasteiger partial charge in [0.05, 0.1) is 0 Å². The molecule has 3 aliphatic rings. The maximum absolute atomic E-state index is 6.94. The Bertz CT molecular complexity index is 647. The lowest BCUT2D eigenvalue weighted by atomic mass is 9.72. The number of nitrogens with two attached hydrogens (primary N) is 1. The number of nitrogen functional groups attached to an aromatic ring is 1. The van der Waals surface area contributed by atoms with Gasteiger partial charge >= 0.3 is 0 Å². The molecule has 0 spiro atoms. The average molecular weight is 397 g/mol. The lowest BCUT2D eigenvalue weighted by molar-refractivity contribution is 0.417. The van der Waals surface area contributed by atoms with Crippen molar-refractivity contribution in [3.63, 3.8) is 0 Å². The second kappa shape index (κ2) is 10.2. The Morgan fingerprint density at radius 2 is 1.21 bits per heavy atom. The standard InChI is InChI=1S/C27H44N2/c1-2-18-29-27-23(20-12-6-3-7-13-20)19-24(28)25(21-14-8-4-9-15-21)26(27)22-16-10-5-11-17-22/h19-22,29H,2-18,28H2,1H3. The van der Waals surface area contributed by atoms with Crippen LogP contribution in [0.1, 0.15) is 144 Å². The van der Waals surface area contributed by atoms with Crippen LogP contribution < -0.4 is 11.1 Å². The van der Waals surface area contributed by atoms with Crippen molar-refractivity contribution in [3.8, 4) is 0 Å². The summed E-state index contributed by atoms with van der Waals surface area (Å²) >= 11 is 0. The molecule has 3 aliphatic carbocycles. The topological polar surface area (TPSA) is 38.0 Å². The zero-order chi connectivity index (χ0) is 20.1. The molecule has 0 heterocycles. The van der Waals surface area contributed by atoms with Crippen molar-refractivity contribution in [2.45, 2.75) is 127 Å². The first kappa shape index (κ1) is 21.1. The van der Waals surface area contributed by atoms with E-state index in [0.29, 0.717) is 11.8 Å². The van der Waals surface area contributed by atoms with Crippen molar-refractivity contribution in [2.75, 3.05) is 17.6 Å². The molecule has 2 nitrogen and oxygen atoms in total. The lowest BCUT2D eigenvalue weighted by Crippen LogP contribution is -2.20. The van der Waals surface area contributed by atoms with Gasteiger partial charge in [0.25, 0.3) is 0 Å². The Morgan fingerprint density at radius 3 is 1.72 bits per heavy atom. The highest BCUT2D eigenvalue weighted by Gasteiger charge is 2.31. The summed E-state index contributed by atoms with van der Waals surface area (Å²) in [6, 6.07) is 2.43. The molecule has 162 valence electrons. The fourth-order valence-corrected chi connectivity index (χ4v) is 6.61. The lowest BCUT2D eigenvalue weighted by Gasteiger charge is -2.36. The molecule has 2 heteroatoms. The monoisotopic (exact) mass is 396 g/mol. The van der Waals surface area contributed by atoms with Crippen LogP contribution >= 0.6 is 0 Å². The first-order chi connectivity index (χ1) is 14.3. The molecule has 1 aromatic carbocycles. The van der Waals surface area contributed by atoms with Crippen LogP contribution in [0.15, 0.2) is 6.07 Å². The summed E-state index contributed by atoms with van der Waals surface area (Å²) in [6.07, 6.45) is 21.9. The quantitative estimate of drug-likeness (QED) is 0.475. The van der Waals surface area contributed by atoms with E-state index in [0.717, 1.165) is 18.2 Å². The normalized spacial score (nSPS) is 22.7. The van der Waals surface area contributed by atoms with Crippen molar-refractivity contribution >= 4 is 11.4 Å². The maximum atomic E-state index is 6.94. The van der Waals surface area contributed by atoms with Crippen molar-refractivity contribution in [1.82, 2.24) is 0 Å². The summed E-state index contributed by atoms with van der Waals surface area (Å²) in [6.45, 7) is 3.39. The van der Waals surface area contributed by atoms with Crippen molar-refractivity contribution in [3.05, 3.63) is 22.8 Å². The molecule has 0 bridgehead atoms. The Morgan fingerprint density at radius 1 is 0.724 bits per heavy atom. The van der Waals surface area contributed by atoms with Gasteiger partial charge in [-0.3, -0.25) is 0 Å². The van der Waals surface area contributed by atoms with E-state index in [4.69, 9.17) is 5.73 Å². The molecule has 0 amide bonds. The van der Waals surface area contributed by atoms with Crippen molar-refractivity contribution in [2.24, 2.45) is 0 Å².